The molecular weight excluding hydrogens is 492 g/mol. The first-order valence-electron chi connectivity index (χ1n) is 14.1. The van der Waals surface area contributed by atoms with Crippen LogP contribution in [0.4, 0.5) is 5.69 Å². The minimum absolute atomic E-state index is 0.0212. The number of anilines is 1. The van der Waals surface area contributed by atoms with Gasteiger partial charge in [0.15, 0.2) is 5.79 Å². The van der Waals surface area contributed by atoms with Crippen molar-refractivity contribution in [2.75, 3.05) is 5.32 Å². The summed E-state index contributed by atoms with van der Waals surface area (Å²) in [4.78, 5) is 12.9. The van der Waals surface area contributed by atoms with E-state index < -0.39 is 36.4 Å². The van der Waals surface area contributed by atoms with Crippen molar-refractivity contribution in [2.24, 2.45) is 5.41 Å². The molecule has 0 aliphatic carbocycles. The molecule has 212 valence electrons. The van der Waals surface area contributed by atoms with Crippen LogP contribution in [-0.2, 0) is 20.7 Å². The fraction of sp³-hybridized carbons (Fsp3) is 0.531. The minimum atomic E-state index is -0.844. The number of carbonyl (C=O) groups excluding carboxylic acids is 1. The monoisotopic (exact) mass is 536 g/mol. The molecule has 2 aliphatic rings. The Morgan fingerprint density at radius 2 is 1.87 bits per heavy atom. The normalized spacial score (nSPS) is 26.1. The number of hydrogen-bond acceptors (Lipinski definition) is 6. The zero-order valence-electron chi connectivity index (χ0n) is 23.8. The number of aliphatic hydroxyl groups excluding tert-OH is 2. The van der Waals surface area contributed by atoms with Crippen LogP contribution in [0.3, 0.4) is 0 Å². The number of benzene rings is 2. The third-order valence-corrected chi connectivity index (χ3v) is 7.21. The van der Waals surface area contributed by atoms with Crippen LogP contribution in [0.1, 0.15) is 65.9 Å². The summed E-state index contributed by atoms with van der Waals surface area (Å²) in [5.74, 6) is -0.958. The van der Waals surface area contributed by atoms with Crippen molar-refractivity contribution in [2.45, 2.75) is 103 Å². The van der Waals surface area contributed by atoms with Gasteiger partial charge < -0.3 is 25.0 Å². The fourth-order valence-electron chi connectivity index (χ4n) is 5.21. The number of amides is 1. The molecule has 0 aromatic heterocycles. The summed E-state index contributed by atoms with van der Waals surface area (Å²) in [6.45, 7) is 10.0. The average molecular weight is 537 g/mol. The smallest absolute Gasteiger partial charge is 0.241 e. The second kappa shape index (κ2) is 12.3. The number of allylic oxidation sites excluding steroid dienone is 1. The molecule has 0 saturated carbocycles. The maximum atomic E-state index is 12.9. The van der Waals surface area contributed by atoms with E-state index in [1.54, 1.807) is 0 Å². The number of aryl methyl sites for hydroxylation is 1. The van der Waals surface area contributed by atoms with Gasteiger partial charge in [-0.2, -0.15) is 0 Å². The number of hydrogen-bond donors (Lipinski definition) is 4. The van der Waals surface area contributed by atoms with Gasteiger partial charge in [0.1, 0.15) is 18.4 Å². The van der Waals surface area contributed by atoms with E-state index in [4.69, 9.17) is 9.47 Å². The molecule has 2 aromatic rings. The largest absolute Gasteiger partial charge is 0.387 e. The number of aliphatic hydroxyl groups is 2. The first kappa shape index (κ1) is 29.4. The lowest BCUT2D eigenvalue weighted by molar-refractivity contribution is -0.323. The van der Waals surface area contributed by atoms with Crippen molar-refractivity contribution in [3.63, 3.8) is 0 Å². The first-order chi connectivity index (χ1) is 18.4. The van der Waals surface area contributed by atoms with E-state index in [9.17, 15) is 15.0 Å². The van der Waals surface area contributed by atoms with Gasteiger partial charge in [-0.1, -0.05) is 69.3 Å². The third kappa shape index (κ3) is 8.22. The van der Waals surface area contributed by atoms with E-state index >= 15 is 0 Å². The van der Waals surface area contributed by atoms with Gasteiger partial charge >= 0.3 is 0 Å². The first-order valence-corrected chi connectivity index (χ1v) is 14.1. The van der Waals surface area contributed by atoms with Crippen LogP contribution in [0.5, 0.6) is 0 Å². The van der Waals surface area contributed by atoms with E-state index in [-0.39, 0.29) is 11.3 Å². The van der Waals surface area contributed by atoms with E-state index in [1.165, 1.54) is 0 Å². The Morgan fingerprint density at radius 1 is 1.13 bits per heavy atom. The van der Waals surface area contributed by atoms with Gasteiger partial charge in [0.05, 0.1) is 12.1 Å². The van der Waals surface area contributed by atoms with Gasteiger partial charge in [0.2, 0.25) is 5.91 Å². The molecule has 0 radical (unpaired) electrons. The number of fused-ring (bicyclic) bond motifs is 1. The van der Waals surface area contributed by atoms with E-state index in [0.717, 1.165) is 28.8 Å². The molecule has 7 heteroatoms. The molecule has 0 bridgehead atoms. The van der Waals surface area contributed by atoms with Gasteiger partial charge in [0.25, 0.3) is 0 Å². The van der Waals surface area contributed by atoms with Crippen LogP contribution in [0.25, 0.3) is 11.1 Å². The molecule has 1 amide bonds. The van der Waals surface area contributed by atoms with Crippen molar-refractivity contribution < 1.29 is 24.5 Å². The topological polar surface area (TPSA) is 100 Å². The molecule has 5 atom stereocenters. The molecule has 2 aromatic carbocycles. The Hall–Kier alpha value is -2.55. The highest BCUT2D eigenvalue weighted by Gasteiger charge is 2.41. The van der Waals surface area contributed by atoms with Crippen LogP contribution in [0.15, 0.2) is 60.7 Å². The minimum Gasteiger partial charge on any atom is -0.387 e. The summed E-state index contributed by atoms with van der Waals surface area (Å²) in [5.41, 5.74) is 4.15. The molecule has 0 spiro atoms. The number of carbonyl (C=O) groups is 1. The van der Waals surface area contributed by atoms with Crippen LogP contribution in [-0.4, -0.2) is 52.5 Å². The Morgan fingerprint density at radius 3 is 2.59 bits per heavy atom. The fourth-order valence-corrected chi connectivity index (χ4v) is 5.21. The van der Waals surface area contributed by atoms with Crippen LogP contribution in [0.2, 0.25) is 0 Å². The predicted octanol–water partition coefficient (Wildman–Crippen LogP) is 5.17. The molecule has 2 aliphatic heterocycles. The van der Waals surface area contributed by atoms with E-state index in [1.807, 2.05) is 56.3 Å². The highest BCUT2D eigenvalue weighted by atomic mass is 16.7. The van der Waals surface area contributed by atoms with Crippen LogP contribution in [0, 0.1) is 5.41 Å². The number of rotatable bonds is 8. The second-order valence-electron chi connectivity index (χ2n) is 12.3. The summed E-state index contributed by atoms with van der Waals surface area (Å²) in [5, 5.41) is 27.7. The molecule has 39 heavy (non-hydrogen) atoms. The third-order valence-electron chi connectivity index (χ3n) is 7.21. The van der Waals surface area contributed by atoms with Crippen molar-refractivity contribution in [3.05, 3.63) is 66.2 Å². The molecule has 4 rings (SSSR count). The van der Waals surface area contributed by atoms with Crippen LogP contribution >= 0.6 is 0 Å². The molecule has 7 nitrogen and oxygen atoms in total. The van der Waals surface area contributed by atoms with Gasteiger partial charge in [-0.3, -0.25) is 10.1 Å². The maximum Gasteiger partial charge on any atom is 0.241 e. The lowest BCUT2D eigenvalue weighted by Crippen LogP contribution is -2.53. The Balaban J connectivity index is 1.29. The van der Waals surface area contributed by atoms with E-state index in [0.29, 0.717) is 25.7 Å². The maximum absolute atomic E-state index is 12.9. The molecular formula is C32H44N2O5. The average Bonchev–Trinajstić information content (AvgIpc) is 3.02. The zero-order valence-corrected chi connectivity index (χ0v) is 23.8. The molecule has 1 saturated heterocycles. The van der Waals surface area contributed by atoms with Crippen LogP contribution < -0.4 is 10.6 Å². The second-order valence-corrected chi connectivity index (χ2v) is 12.3. The van der Waals surface area contributed by atoms with Crippen molar-refractivity contribution in [3.8, 4) is 11.1 Å². The highest BCUT2D eigenvalue weighted by Crippen LogP contribution is 2.32. The Labute approximate surface area is 232 Å². The summed E-state index contributed by atoms with van der Waals surface area (Å²) in [7, 11) is 0. The summed E-state index contributed by atoms with van der Waals surface area (Å²) in [6, 6.07) is 15.8. The van der Waals surface area contributed by atoms with Gasteiger partial charge in [-0.15, -0.1) is 0 Å². The number of nitrogens with one attached hydrogen (secondary N) is 2. The summed E-state index contributed by atoms with van der Waals surface area (Å²) in [6.07, 6.45) is 4.39. The SMILES string of the molecule is CC(C)(C)/C=C/[C@H]1OC(C)(C)O[C@@H](CCCC(O)NC2CCc3cc(-c4ccccc4)ccc3NC2=O)[C@H]1O. The van der Waals surface area contributed by atoms with E-state index in [2.05, 4.69) is 49.6 Å². The lowest BCUT2D eigenvalue weighted by Gasteiger charge is -2.43. The quantitative estimate of drug-likeness (QED) is 0.274. The van der Waals surface area contributed by atoms with Gasteiger partial charge in [0, 0.05) is 5.69 Å². The molecule has 2 unspecified atom stereocenters. The standard InChI is InChI=1S/C32H44N2O5/c1-31(2,3)19-18-27-29(36)26(38-32(4,5)39-27)12-9-13-28(35)33-25-17-15-23-20-22(21-10-7-6-8-11-21)14-16-24(23)34-30(25)37/h6-8,10-11,14,16,18-20,25-29,33,35-36H,9,12-13,15,17H2,1-5H3,(H,34,37)/b19-18+/t25?,26-,27+,28?,29+/m0/s1. The van der Waals surface area contributed by atoms with Gasteiger partial charge in [-0.25, -0.2) is 0 Å². The predicted molar refractivity (Wildman–Crippen MR) is 154 cm³/mol. The summed E-state index contributed by atoms with van der Waals surface area (Å²) >= 11 is 0. The summed E-state index contributed by atoms with van der Waals surface area (Å²) < 4.78 is 12.0. The Bertz CT molecular complexity index is 1140. The van der Waals surface area contributed by atoms with Gasteiger partial charge in [-0.05, 0) is 80.2 Å². The molecule has 4 N–H and O–H groups in total. The molecule has 1 fully saturated rings. The zero-order chi connectivity index (χ0) is 28.2. The van der Waals surface area contributed by atoms with Crippen molar-refractivity contribution in [1.82, 2.24) is 5.32 Å². The Kier molecular flexibility index (Phi) is 9.29. The lowest BCUT2D eigenvalue weighted by atomic mass is 9.93. The van der Waals surface area contributed by atoms with Crippen molar-refractivity contribution >= 4 is 11.6 Å². The molecule has 2 heterocycles. The van der Waals surface area contributed by atoms with Crippen molar-refractivity contribution in [1.29, 1.82) is 0 Å². The number of ether oxygens (including phenoxy) is 2. The highest BCUT2D eigenvalue weighted by molar-refractivity contribution is 5.96.